The van der Waals surface area contributed by atoms with E-state index in [1.165, 1.54) is 6.08 Å². The van der Waals surface area contributed by atoms with Crippen molar-refractivity contribution in [3.8, 4) is 5.75 Å². The van der Waals surface area contributed by atoms with Crippen molar-refractivity contribution in [2.75, 3.05) is 31.4 Å². The maximum absolute atomic E-state index is 12.2. The van der Waals surface area contributed by atoms with Crippen molar-refractivity contribution in [3.05, 3.63) is 82.8 Å². The highest BCUT2D eigenvalue weighted by Gasteiger charge is 2.16. The number of aryl methyl sites for hydroxylation is 1. The van der Waals surface area contributed by atoms with Gasteiger partial charge in [-0.2, -0.15) is 0 Å². The van der Waals surface area contributed by atoms with Gasteiger partial charge in [-0.25, -0.2) is 9.97 Å². The third-order valence-electron chi connectivity index (χ3n) is 5.12. The van der Waals surface area contributed by atoms with Crippen LogP contribution in [0.25, 0.3) is 6.08 Å². The molecule has 0 aliphatic rings. The second kappa shape index (κ2) is 11.1. The standard InChI is InChI=1S/C26H28N4O4/c1-17-22(16-25(32)33)26(30(2)3)29-23(27-17)15-19-5-10-20(11-6-19)28-24(31)14-9-18-7-12-21(34-4)13-8-18/h5-14H,15-16H2,1-4H3,(H,28,31)(H,32,33)/b14-9+. The lowest BCUT2D eigenvalue weighted by atomic mass is 10.1. The van der Waals surface area contributed by atoms with Gasteiger partial charge in [0.15, 0.2) is 0 Å². The fourth-order valence-electron chi connectivity index (χ4n) is 3.40. The minimum absolute atomic E-state index is 0.124. The number of carbonyl (C=O) groups is 2. The minimum atomic E-state index is -0.918. The number of carboxylic acid groups (broad SMARTS) is 1. The third-order valence-corrected chi connectivity index (χ3v) is 5.12. The predicted octanol–water partition coefficient (Wildman–Crippen LogP) is 3.73. The van der Waals surface area contributed by atoms with Gasteiger partial charge in [0.05, 0.1) is 13.5 Å². The number of carboxylic acids is 1. The average molecular weight is 461 g/mol. The quantitative estimate of drug-likeness (QED) is 0.469. The highest BCUT2D eigenvalue weighted by molar-refractivity contribution is 6.01. The fourth-order valence-corrected chi connectivity index (χ4v) is 3.40. The third kappa shape index (κ3) is 6.65. The Labute approximate surface area is 198 Å². The number of methoxy groups -OCH3 is 1. The Kier molecular flexibility index (Phi) is 7.97. The Morgan fingerprint density at radius 1 is 1.06 bits per heavy atom. The molecule has 0 saturated carbocycles. The van der Waals surface area contributed by atoms with E-state index in [9.17, 15) is 14.7 Å². The van der Waals surface area contributed by atoms with Gasteiger partial charge < -0.3 is 20.1 Å². The van der Waals surface area contributed by atoms with Gasteiger partial charge in [-0.3, -0.25) is 9.59 Å². The van der Waals surface area contributed by atoms with E-state index < -0.39 is 5.97 Å². The highest BCUT2D eigenvalue weighted by atomic mass is 16.5. The van der Waals surface area contributed by atoms with Crippen LogP contribution in [0.15, 0.2) is 54.6 Å². The van der Waals surface area contributed by atoms with E-state index in [0.29, 0.717) is 35.0 Å². The number of nitrogens with one attached hydrogen (secondary N) is 1. The number of aromatic nitrogens is 2. The summed E-state index contributed by atoms with van der Waals surface area (Å²) in [5, 5.41) is 12.0. The topological polar surface area (TPSA) is 105 Å². The lowest BCUT2D eigenvalue weighted by Crippen LogP contribution is -2.18. The van der Waals surface area contributed by atoms with Gasteiger partial charge in [-0.15, -0.1) is 0 Å². The summed E-state index contributed by atoms with van der Waals surface area (Å²) >= 11 is 0. The number of hydrogen-bond acceptors (Lipinski definition) is 6. The first-order valence-corrected chi connectivity index (χ1v) is 10.7. The van der Waals surface area contributed by atoms with Crippen LogP contribution in [0.2, 0.25) is 0 Å². The summed E-state index contributed by atoms with van der Waals surface area (Å²) in [6.07, 6.45) is 3.58. The van der Waals surface area contributed by atoms with Crippen molar-refractivity contribution < 1.29 is 19.4 Å². The van der Waals surface area contributed by atoms with E-state index >= 15 is 0 Å². The van der Waals surface area contributed by atoms with E-state index in [1.54, 1.807) is 25.0 Å². The zero-order valence-corrected chi connectivity index (χ0v) is 19.7. The second-order valence-electron chi connectivity index (χ2n) is 7.96. The van der Waals surface area contributed by atoms with Gasteiger partial charge in [0, 0.05) is 43.5 Å². The molecule has 176 valence electrons. The molecule has 0 bridgehead atoms. The first-order chi connectivity index (χ1) is 16.2. The number of aliphatic carboxylic acids is 1. The molecule has 0 radical (unpaired) electrons. The predicted molar refractivity (Wildman–Crippen MR) is 132 cm³/mol. The lowest BCUT2D eigenvalue weighted by molar-refractivity contribution is -0.136. The molecule has 1 aromatic heterocycles. The molecule has 0 fully saturated rings. The normalized spacial score (nSPS) is 10.8. The number of anilines is 2. The minimum Gasteiger partial charge on any atom is -0.497 e. The molecule has 2 N–H and O–H groups in total. The van der Waals surface area contributed by atoms with Gasteiger partial charge in [0.2, 0.25) is 5.91 Å². The molecule has 1 amide bonds. The Hall–Kier alpha value is -4.20. The molecule has 0 aliphatic heterocycles. The summed E-state index contributed by atoms with van der Waals surface area (Å²) in [5.41, 5.74) is 3.82. The van der Waals surface area contributed by atoms with Crippen LogP contribution in [-0.4, -0.2) is 48.2 Å². The summed E-state index contributed by atoms with van der Waals surface area (Å²) in [7, 11) is 5.27. The molecular formula is C26H28N4O4. The van der Waals surface area contributed by atoms with Gasteiger partial charge >= 0.3 is 5.97 Å². The van der Waals surface area contributed by atoms with Gasteiger partial charge in [-0.05, 0) is 48.4 Å². The number of ether oxygens (including phenoxy) is 1. The molecule has 8 nitrogen and oxygen atoms in total. The Balaban J connectivity index is 1.65. The fraction of sp³-hybridized carbons (Fsp3) is 0.231. The SMILES string of the molecule is COc1ccc(/C=C/C(=O)Nc2ccc(Cc3nc(C)c(CC(=O)O)c(N(C)C)n3)cc2)cc1. The van der Waals surface area contributed by atoms with E-state index in [2.05, 4.69) is 15.3 Å². The van der Waals surface area contributed by atoms with Crippen LogP contribution in [-0.2, 0) is 22.4 Å². The van der Waals surface area contributed by atoms with Crippen molar-refractivity contribution in [1.82, 2.24) is 9.97 Å². The molecule has 2 aromatic carbocycles. The molecule has 1 heterocycles. The summed E-state index contributed by atoms with van der Waals surface area (Å²) < 4.78 is 5.13. The average Bonchev–Trinajstić information content (AvgIpc) is 2.80. The molecule has 34 heavy (non-hydrogen) atoms. The van der Waals surface area contributed by atoms with E-state index in [0.717, 1.165) is 16.9 Å². The van der Waals surface area contributed by atoms with Crippen molar-refractivity contribution in [1.29, 1.82) is 0 Å². The number of rotatable bonds is 9. The van der Waals surface area contributed by atoms with Gasteiger partial charge in [-0.1, -0.05) is 24.3 Å². The van der Waals surface area contributed by atoms with Gasteiger partial charge in [0.25, 0.3) is 0 Å². The molecule has 0 aliphatic carbocycles. The lowest BCUT2D eigenvalue weighted by Gasteiger charge is -2.18. The smallest absolute Gasteiger partial charge is 0.308 e. The summed E-state index contributed by atoms with van der Waals surface area (Å²) in [6.45, 7) is 1.80. The molecule has 8 heteroatoms. The van der Waals surface area contributed by atoms with Crippen molar-refractivity contribution in [2.45, 2.75) is 19.8 Å². The largest absolute Gasteiger partial charge is 0.497 e. The summed E-state index contributed by atoms with van der Waals surface area (Å²) in [4.78, 5) is 34.3. The van der Waals surface area contributed by atoms with Crippen molar-refractivity contribution in [2.24, 2.45) is 0 Å². The van der Waals surface area contributed by atoms with Crippen LogP contribution in [0.5, 0.6) is 5.75 Å². The second-order valence-corrected chi connectivity index (χ2v) is 7.96. The molecule has 3 aromatic rings. The monoisotopic (exact) mass is 460 g/mol. The van der Waals surface area contributed by atoms with Crippen molar-refractivity contribution >= 4 is 29.5 Å². The van der Waals surface area contributed by atoms with Gasteiger partial charge in [0.1, 0.15) is 17.4 Å². The summed E-state index contributed by atoms with van der Waals surface area (Å²) in [6, 6.07) is 14.9. The Morgan fingerprint density at radius 2 is 1.74 bits per heavy atom. The van der Waals surface area contributed by atoms with Crippen LogP contribution >= 0.6 is 0 Å². The molecule has 0 atom stereocenters. The van der Waals surface area contributed by atoms with E-state index in [1.807, 2.05) is 62.6 Å². The molecular weight excluding hydrogens is 432 g/mol. The van der Waals surface area contributed by atoms with E-state index in [4.69, 9.17) is 4.74 Å². The van der Waals surface area contributed by atoms with Crippen LogP contribution < -0.4 is 15.0 Å². The number of carbonyl (C=O) groups excluding carboxylic acids is 1. The van der Waals surface area contributed by atoms with Crippen LogP contribution in [0.4, 0.5) is 11.5 Å². The van der Waals surface area contributed by atoms with E-state index in [-0.39, 0.29) is 12.3 Å². The number of amides is 1. The maximum Gasteiger partial charge on any atom is 0.308 e. The molecule has 0 saturated heterocycles. The molecule has 0 unspecified atom stereocenters. The first-order valence-electron chi connectivity index (χ1n) is 10.7. The Bertz CT molecular complexity index is 1190. The first kappa shape index (κ1) is 24.4. The molecule has 0 spiro atoms. The van der Waals surface area contributed by atoms with Crippen LogP contribution in [0.3, 0.4) is 0 Å². The van der Waals surface area contributed by atoms with Crippen LogP contribution in [0, 0.1) is 6.92 Å². The number of benzene rings is 2. The molecule has 3 rings (SSSR count). The van der Waals surface area contributed by atoms with Crippen LogP contribution in [0.1, 0.15) is 28.2 Å². The highest BCUT2D eigenvalue weighted by Crippen LogP contribution is 2.21. The number of nitrogens with zero attached hydrogens (tertiary/aromatic N) is 3. The Morgan fingerprint density at radius 3 is 2.32 bits per heavy atom. The number of hydrogen-bond donors (Lipinski definition) is 2. The summed E-state index contributed by atoms with van der Waals surface area (Å²) in [5.74, 6) is 0.828. The van der Waals surface area contributed by atoms with Crippen molar-refractivity contribution in [3.63, 3.8) is 0 Å². The zero-order chi connectivity index (χ0) is 24.7. The maximum atomic E-state index is 12.2. The zero-order valence-electron chi connectivity index (χ0n) is 19.7.